The van der Waals surface area contributed by atoms with E-state index < -0.39 is 17.7 Å². The van der Waals surface area contributed by atoms with Gasteiger partial charge in [0, 0.05) is 10.6 Å². The number of carbonyl (C=O) groups excluding carboxylic acids is 3. The molecule has 3 aromatic rings. The van der Waals surface area contributed by atoms with Gasteiger partial charge in [0.1, 0.15) is 12.4 Å². The van der Waals surface area contributed by atoms with E-state index >= 15 is 0 Å². The van der Waals surface area contributed by atoms with Crippen molar-refractivity contribution in [2.24, 2.45) is 0 Å². The number of amides is 3. The van der Waals surface area contributed by atoms with E-state index in [-0.39, 0.29) is 6.67 Å². The molecule has 0 spiro atoms. The molecule has 3 amide bonds. The molecule has 0 fully saturated rings. The van der Waals surface area contributed by atoms with Gasteiger partial charge in [-0.05, 0) is 61.0 Å². The fraction of sp³-hybridized carbons (Fsp3) is 0.125. The molecule has 0 saturated carbocycles. The largest absolute Gasteiger partial charge is 0.495 e. The second-order valence-corrected chi connectivity index (χ2v) is 7.58. The lowest BCUT2D eigenvalue weighted by atomic mass is 10.1. The zero-order chi connectivity index (χ0) is 22.1. The standard InChI is InChI=1S/C24H19ClN2O4/c1-15-7-12-20(21(13-15)31-2)26(22(28)16-8-10-17(25)11-9-16)14-27-23(29)18-5-3-4-6-19(18)24(27)30/h3-13H,14H2,1-2H3. The van der Waals surface area contributed by atoms with Gasteiger partial charge in [0.15, 0.2) is 0 Å². The Morgan fingerprint density at radius 2 is 1.58 bits per heavy atom. The maximum absolute atomic E-state index is 13.5. The van der Waals surface area contributed by atoms with Gasteiger partial charge in [0.2, 0.25) is 0 Å². The molecule has 0 bridgehead atoms. The Labute approximate surface area is 184 Å². The maximum atomic E-state index is 13.5. The molecule has 0 atom stereocenters. The molecule has 0 aromatic heterocycles. The molecule has 3 aromatic carbocycles. The molecule has 0 saturated heterocycles. The van der Waals surface area contributed by atoms with Crippen LogP contribution in [0, 0.1) is 6.92 Å². The molecule has 156 valence electrons. The predicted molar refractivity (Wildman–Crippen MR) is 118 cm³/mol. The number of hydrogen-bond acceptors (Lipinski definition) is 4. The van der Waals surface area contributed by atoms with Crippen LogP contribution >= 0.6 is 11.6 Å². The van der Waals surface area contributed by atoms with E-state index in [1.807, 2.05) is 13.0 Å². The molecule has 0 radical (unpaired) electrons. The van der Waals surface area contributed by atoms with E-state index in [1.54, 1.807) is 60.7 Å². The van der Waals surface area contributed by atoms with Gasteiger partial charge in [-0.1, -0.05) is 29.8 Å². The summed E-state index contributed by atoms with van der Waals surface area (Å²) in [6.45, 7) is 1.65. The smallest absolute Gasteiger partial charge is 0.263 e. The number of hydrogen-bond donors (Lipinski definition) is 0. The Hall–Kier alpha value is -3.64. The van der Waals surface area contributed by atoms with Crippen LogP contribution < -0.4 is 9.64 Å². The molecule has 0 unspecified atom stereocenters. The maximum Gasteiger partial charge on any atom is 0.263 e. The van der Waals surface area contributed by atoms with Crippen LogP contribution in [0.3, 0.4) is 0 Å². The lowest BCUT2D eigenvalue weighted by Crippen LogP contribution is -2.44. The predicted octanol–water partition coefficient (Wildman–Crippen LogP) is 4.56. The van der Waals surface area contributed by atoms with Crippen LogP contribution in [0.15, 0.2) is 66.7 Å². The lowest BCUT2D eigenvalue weighted by Gasteiger charge is -2.28. The van der Waals surface area contributed by atoms with Crippen molar-refractivity contribution < 1.29 is 19.1 Å². The molecule has 1 aliphatic rings. The monoisotopic (exact) mass is 434 g/mol. The van der Waals surface area contributed by atoms with Crippen molar-refractivity contribution in [3.63, 3.8) is 0 Å². The second-order valence-electron chi connectivity index (χ2n) is 7.14. The molecule has 6 nitrogen and oxygen atoms in total. The Morgan fingerprint density at radius 1 is 0.968 bits per heavy atom. The van der Waals surface area contributed by atoms with Crippen molar-refractivity contribution in [2.45, 2.75) is 6.92 Å². The summed E-state index contributed by atoms with van der Waals surface area (Å²) in [4.78, 5) is 41.7. The summed E-state index contributed by atoms with van der Waals surface area (Å²) < 4.78 is 5.49. The number of rotatable bonds is 5. The summed E-state index contributed by atoms with van der Waals surface area (Å²) in [6, 6.07) is 18.4. The van der Waals surface area contributed by atoms with E-state index in [0.717, 1.165) is 10.5 Å². The van der Waals surface area contributed by atoms with Crippen LogP contribution in [0.2, 0.25) is 5.02 Å². The number of carbonyl (C=O) groups is 3. The zero-order valence-corrected chi connectivity index (χ0v) is 17.7. The van der Waals surface area contributed by atoms with Crippen molar-refractivity contribution in [1.82, 2.24) is 4.90 Å². The highest BCUT2D eigenvalue weighted by Crippen LogP contribution is 2.32. The van der Waals surface area contributed by atoms with Gasteiger partial charge in [-0.3, -0.25) is 24.2 Å². The summed E-state index contributed by atoms with van der Waals surface area (Å²) >= 11 is 5.96. The van der Waals surface area contributed by atoms with E-state index in [1.165, 1.54) is 12.0 Å². The van der Waals surface area contributed by atoms with Gasteiger partial charge in [0.25, 0.3) is 17.7 Å². The summed E-state index contributed by atoms with van der Waals surface area (Å²) in [5.41, 5.74) is 2.40. The molecular formula is C24H19ClN2O4. The first-order chi connectivity index (χ1) is 14.9. The van der Waals surface area contributed by atoms with Gasteiger partial charge in [-0.15, -0.1) is 0 Å². The Bertz CT molecular complexity index is 1160. The number of fused-ring (bicyclic) bond motifs is 1. The number of nitrogens with zero attached hydrogens (tertiary/aromatic N) is 2. The molecule has 4 rings (SSSR count). The van der Waals surface area contributed by atoms with Crippen molar-refractivity contribution >= 4 is 35.0 Å². The summed E-state index contributed by atoms with van der Waals surface area (Å²) in [5.74, 6) is -0.824. The van der Waals surface area contributed by atoms with E-state index in [9.17, 15) is 14.4 Å². The van der Waals surface area contributed by atoms with Crippen LogP contribution in [0.25, 0.3) is 0 Å². The van der Waals surface area contributed by atoms with Gasteiger partial charge < -0.3 is 4.74 Å². The van der Waals surface area contributed by atoms with Gasteiger partial charge >= 0.3 is 0 Å². The highest BCUT2D eigenvalue weighted by Gasteiger charge is 2.37. The topological polar surface area (TPSA) is 66.9 Å². The fourth-order valence-electron chi connectivity index (χ4n) is 3.51. The zero-order valence-electron chi connectivity index (χ0n) is 17.0. The summed E-state index contributed by atoms with van der Waals surface area (Å²) in [7, 11) is 1.51. The number of imide groups is 1. The van der Waals surface area contributed by atoms with Gasteiger partial charge in [0.05, 0.1) is 23.9 Å². The Balaban J connectivity index is 1.76. The quantitative estimate of drug-likeness (QED) is 0.552. The molecule has 0 aliphatic carbocycles. The number of aryl methyl sites for hydroxylation is 1. The third-order valence-corrected chi connectivity index (χ3v) is 5.38. The molecular weight excluding hydrogens is 416 g/mol. The number of benzene rings is 3. The van der Waals surface area contributed by atoms with Crippen molar-refractivity contribution in [3.8, 4) is 5.75 Å². The fourth-order valence-corrected chi connectivity index (χ4v) is 3.64. The first-order valence-corrected chi connectivity index (χ1v) is 9.96. The molecule has 1 heterocycles. The van der Waals surface area contributed by atoms with Crippen molar-refractivity contribution in [1.29, 1.82) is 0 Å². The third kappa shape index (κ3) is 3.78. The van der Waals surface area contributed by atoms with Crippen LogP contribution in [0.5, 0.6) is 5.75 Å². The van der Waals surface area contributed by atoms with Crippen molar-refractivity contribution in [2.75, 3.05) is 18.7 Å². The first-order valence-electron chi connectivity index (χ1n) is 9.58. The number of halogens is 1. The van der Waals surface area contributed by atoms with Crippen LogP contribution in [0.4, 0.5) is 5.69 Å². The summed E-state index contributed by atoms with van der Waals surface area (Å²) in [5, 5.41) is 0.497. The minimum Gasteiger partial charge on any atom is -0.495 e. The molecule has 7 heteroatoms. The molecule has 0 N–H and O–H groups in total. The van der Waals surface area contributed by atoms with Crippen LogP contribution in [0.1, 0.15) is 36.6 Å². The normalized spacial score (nSPS) is 12.7. The van der Waals surface area contributed by atoms with E-state index in [4.69, 9.17) is 16.3 Å². The highest BCUT2D eigenvalue weighted by molar-refractivity contribution is 6.30. The Kier molecular flexibility index (Phi) is 5.48. The lowest BCUT2D eigenvalue weighted by molar-refractivity contribution is 0.0650. The number of ether oxygens (including phenoxy) is 1. The molecule has 1 aliphatic heterocycles. The van der Waals surface area contributed by atoms with Crippen LogP contribution in [-0.2, 0) is 0 Å². The second kappa shape index (κ2) is 8.24. The third-order valence-electron chi connectivity index (χ3n) is 5.12. The SMILES string of the molecule is COc1cc(C)ccc1N(CN1C(=O)c2ccccc2C1=O)C(=O)c1ccc(Cl)cc1. The summed E-state index contributed by atoms with van der Waals surface area (Å²) in [6.07, 6.45) is 0. The average molecular weight is 435 g/mol. The minimum absolute atomic E-state index is 0.257. The number of anilines is 1. The van der Waals surface area contributed by atoms with Crippen LogP contribution in [-0.4, -0.2) is 36.4 Å². The van der Waals surface area contributed by atoms with Gasteiger partial charge in [-0.2, -0.15) is 0 Å². The number of methoxy groups -OCH3 is 1. The molecule has 31 heavy (non-hydrogen) atoms. The average Bonchev–Trinajstić information content (AvgIpc) is 3.02. The minimum atomic E-state index is -0.444. The van der Waals surface area contributed by atoms with E-state index in [2.05, 4.69) is 0 Å². The van der Waals surface area contributed by atoms with Gasteiger partial charge in [-0.25, -0.2) is 0 Å². The Morgan fingerprint density at radius 3 is 2.16 bits per heavy atom. The highest BCUT2D eigenvalue weighted by atomic mass is 35.5. The van der Waals surface area contributed by atoms with E-state index in [0.29, 0.717) is 33.1 Å². The van der Waals surface area contributed by atoms with Crippen molar-refractivity contribution in [3.05, 3.63) is 94.0 Å². The first kappa shape index (κ1) is 20.6.